The highest BCUT2D eigenvalue weighted by Gasteiger charge is 2.05. The van der Waals surface area contributed by atoms with Gasteiger partial charge >= 0.3 is 0 Å². The van der Waals surface area contributed by atoms with Crippen molar-refractivity contribution in [3.8, 4) is 11.3 Å². The summed E-state index contributed by atoms with van der Waals surface area (Å²) in [5.41, 5.74) is 3.34. The van der Waals surface area contributed by atoms with Crippen molar-refractivity contribution < 1.29 is 8.42 Å². The van der Waals surface area contributed by atoms with Gasteiger partial charge in [0.15, 0.2) is 0 Å². The third-order valence-corrected chi connectivity index (χ3v) is 2.90. The third kappa shape index (κ3) is 2.85. The number of anilines is 1. The van der Waals surface area contributed by atoms with Gasteiger partial charge in [0.1, 0.15) is 0 Å². The number of hydrogen-bond acceptors (Lipinski definition) is 3. The first-order valence-electron chi connectivity index (χ1n) is 5.04. The molecule has 6 heteroatoms. The Morgan fingerprint density at radius 2 is 1.88 bits per heavy atom. The number of H-pyrrole nitrogens is 1. The molecule has 0 fully saturated rings. The number of imidazole rings is 1. The lowest BCUT2D eigenvalue weighted by Gasteiger charge is -2.04. The fourth-order valence-corrected chi connectivity index (χ4v) is 2.12. The molecule has 1 heterocycles. The van der Waals surface area contributed by atoms with Crippen LogP contribution in [0.15, 0.2) is 30.6 Å². The molecule has 0 atom stereocenters. The molecule has 17 heavy (non-hydrogen) atoms. The van der Waals surface area contributed by atoms with E-state index in [4.69, 9.17) is 0 Å². The maximum absolute atomic E-state index is 11.0. The molecular formula is C11H13N3O2S. The van der Waals surface area contributed by atoms with E-state index >= 15 is 0 Å². The number of nitrogens with one attached hydrogen (secondary N) is 2. The lowest BCUT2D eigenvalue weighted by atomic mass is 10.1. The van der Waals surface area contributed by atoms with Crippen molar-refractivity contribution in [2.24, 2.45) is 0 Å². The molecule has 5 nitrogen and oxygen atoms in total. The van der Waals surface area contributed by atoms with Crippen LogP contribution in [0.4, 0.5) is 5.69 Å². The maximum atomic E-state index is 11.0. The predicted octanol–water partition coefficient (Wildman–Crippen LogP) is 1.76. The van der Waals surface area contributed by atoms with E-state index in [0.29, 0.717) is 5.69 Å². The van der Waals surface area contributed by atoms with Gasteiger partial charge in [-0.3, -0.25) is 4.72 Å². The number of hydrogen-bond donors (Lipinski definition) is 2. The second-order valence-corrected chi connectivity index (χ2v) is 5.58. The zero-order valence-electron chi connectivity index (χ0n) is 9.56. The van der Waals surface area contributed by atoms with Crippen LogP contribution in [0.25, 0.3) is 11.3 Å². The van der Waals surface area contributed by atoms with Crippen LogP contribution in [-0.2, 0) is 10.0 Å². The fraction of sp³-hybridized carbons (Fsp3) is 0.182. The summed E-state index contributed by atoms with van der Waals surface area (Å²) in [6.45, 7) is 1.94. The van der Waals surface area contributed by atoms with Crippen molar-refractivity contribution >= 4 is 15.7 Å². The minimum atomic E-state index is -3.22. The molecule has 0 amide bonds. The van der Waals surface area contributed by atoms with Crippen LogP contribution in [0.5, 0.6) is 0 Å². The minimum Gasteiger partial charge on any atom is -0.348 e. The number of nitrogens with zero attached hydrogens (tertiary/aromatic N) is 1. The van der Waals surface area contributed by atoms with Crippen molar-refractivity contribution in [2.45, 2.75) is 6.92 Å². The summed E-state index contributed by atoms with van der Waals surface area (Å²) in [5, 5.41) is 0. The van der Waals surface area contributed by atoms with E-state index in [0.717, 1.165) is 23.2 Å². The molecule has 0 spiro atoms. The second kappa shape index (κ2) is 4.21. The van der Waals surface area contributed by atoms with Gasteiger partial charge in [0.2, 0.25) is 10.0 Å². The van der Waals surface area contributed by atoms with Gasteiger partial charge in [-0.25, -0.2) is 13.4 Å². The van der Waals surface area contributed by atoms with Gasteiger partial charge in [0, 0.05) is 16.9 Å². The molecule has 2 aromatic rings. The summed E-state index contributed by atoms with van der Waals surface area (Å²) in [5.74, 6) is 0. The average Bonchev–Trinajstić information content (AvgIpc) is 2.63. The summed E-state index contributed by atoms with van der Waals surface area (Å²) < 4.78 is 24.5. The van der Waals surface area contributed by atoms with Crippen molar-refractivity contribution in [3.63, 3.8) is 0 Å². The molecule has 2 N–H and O–H groups in total. The van der Waals surface area contributed by atoms with Gasteiger partial charge in [-0.1, -0.05) is 12.1 Å². The number of sulfonamides is 1. The molecule has 1 aromatic heterocycles. The van der Waals surface area contributed by atoms with Gasteiger partial charge in [-0.2, -0.15) is 0 Å². The van der Waals surface area contributed by atoms with E-state index in [-0.39, 0.29) is 0 Å². The monoisotopic (exact) mass is 251 g/mol. The summed E-state index contributed by atoms with van der Waals surface area (Å²) in [4.78, 5) is 7.19. The average molecular weight is 251 g/mol. The normalized spacial score (nSPS) is 11.4. The summed E-state index contributed by atoms with van der Waals surface area (Å²) in [7, 11) is -3.22. The molecule has 90 valence electrons. The third-order valence-electron chi connectivity index (χ3n) is 2.29. The minimum absolute atomic E-state index is 0.546. The molecule has 0 aliphatic carbocycles. The van der Waals surface area contributed by atoms with E-state index in [2.05, 4.69) is 14.7 Å². The Morgan fingerprint density at radius 1 is 1.24 bits per heavy atom. The molecule has 0 saturated carbocycles. The Labute approximate surface area is 100.0 Å². The predicted molar refractivity (Wildman–Crippen MR) is 67.2 cm³/mol. The van der Waals surface area contributed by atoms with E-state index in [9.17, 15) is 8.42 Å². The van der Waals surface area contributed by atoms with Crippen LogP contribution >= 0.6 is 0 Å². The van der Waals surface area contributed by atoms with E-state index < -0.39 is 10.0 Å². The molecule has 1 aromatic carbocycles. The van der Waals surface area contributed by atoms with Crippen LogP contribution in [-0.4, -0.2) is 24.6 Å². The zero-order valence-corrected chi connectivity index (χ0v) is 10.4. The van der Waals surface area contributed by atoms with Gasteiger partial charge < -0.3 is 4.98 Å². The van der Waals surface area contributed by atoms with Crippen molar-refractivity contribution in [1.82, 2.24) is 9.97 Å². The van der Waals surface area contributed by atoms with Crippen LogP contribution in [0.3, 0.4) is 0 Å². The van der Waals surface area contributed by atoms with Crippen LogP contribution in [0.2, 0.25) is 0 Å². The number of aromatic amines is 1. The van der Waals surface area contributed by atoms with E-state index in [1.165, 1.54) is 0 Å². The Balaban J connectivity index is 2.28. The van der Waals surface area contributed by atoms with Gasteiger partial charge in [0.25, 0.3) is 0 Å². The first-order valence-corrected chi connectivity index (χ1v) is 6.93. The van der Waals surface area contributed by atoms with Crippen molar-refractivity contribution in [1.29, 1.82) is 0 Å². The maximum Gasteiger partial charge on any atom is 0.229 e. The lowest BCUT2D eigenvalue weighted by molar-refractivity contribution is 0.607. The first-order chi connectivity index (χ1) is 7.96. The van der Waals surface area contributed by atoms with Crippen molar-refractivity contribution in [3.05, 3.63) is 36.3 Å². The lowest BCUT2D eigenvalue weighted by Crippen LogP contribution is -2.09. The summed E-state index contributed by atoms with van der Waals surface area (Å²) in [6.07, 6.45) is 2.76. The SMILES string of the molecule is Cc1[nH]cnc1-c1ccc(NS(C)(=O)=O)cc1. The molecule has 0 saturated heterocycles. The highest BCUT2D eigenvalue weighted by Crippen LogP contribution is 2.21. The Kier molecular flexibility index (Phi) is 2.89. The van der Waals surface area contributed by atoms with Crippen molar-refractivity contribution in [2.75, 3.05) is 11.0 Å². The summed E-state index contributed by atoms with van der Waals surface area (Å²) in [6, 6.07) is 7.09. The number of aromatic nitrogens is 2. The van der Waals surface area contributed by atoms with Crippen LogP contribution in [0, 0.1) is 6.92 Å². The number of aryl methyl sites for hydroxylation is 1. The smallest absolute Gasteiger partial charge is 0.229 e. The highest BCUT2D eigenvalue weighted by atomic mass is 32.2. The zero-order chi connectivity index (χ0) is 12.5. The molecular weight excluding hydrogens is 238 g/mol. The standard InChI is InChI=1S/C11H13N3O2S/c1-8-11(13-7-12-8)9-3-5-10(6-4-9)14-17(2,15)16/h3-7,14H,1-2H3,(H,12,13). The molecule has 0 bridgehead atoms. The second-order valence-electron chi connectivity index (χ2n) is 3.83. The largest absolute Gasteiger partial charge is 0.348 e. The number of benzene rings is 1. The Bertz CT molecular complexity index is 614. The molecule has 0 aliphatic heterocycles. The Morgan fingerprint density at radius 3 is 2.35 bits per heavy atom. The van der Waals surface area contributed by atoms with Gasteiger partial charge in [-0.05, 0) is 19.1 Å². The van der Waals surface area contributed by atoms with Gasteiger partial charge in [-0.15, -0.1) is 0 Å². The molecule has 0 unspecified atom stereocenters. The summed E-state index contributed by atoms with van der Waals surface area (Å²) >= 11 is 0. The fourth-order valence-electron chi connectivity index (χ4n) is 1.56. The van der Waals surface area contributed by atoms with Crippen LogP contribution < -0.4 is 4.72 Å². The van der Waals surface area contributed by atoms with E-state index in [1.807, 2.05) is 19.1 Å². The quantitative estimate of drug-likeness (QED) is 0.872. The number of rotatable bonds is 3. The van der Waals surface area contributed by atoms with Crippen LogP contribution in [0.1, 0.15) is 5.69 Å². The molecule has 2 rings (SSSR count). The topological polar surface area (TPSA) is 74.8 Å². The highest BCUT2D eigenvalue weighted by molar-refractivity contribution is 7.92. The Hall–Kier alpha value is -1.82. The van der Waals surface area contributed by atoms with E-state index in [1.54, 1.807) is 18.5 Å². The van der Waals surface area contributed by atoms with Gasteiger partial charge in [0.05, 0.1) is 18.3 Å². The molecule has 0 aliphatic rings. The first kappa shape index (κ1) is 11.7. The molecule has 0 radical (unpaired) electrons.